The van der Waals surface area contributed by atoms with Crippen molar-refractivity contribution >= 4 is 11.8 Å². The van der Waals surface area contributed by atoms with E-state index in [0.29, 0.717) is 50.6 Å². The van der Waals surface area contributed by atoms with Crippen molar-refractivity contribution in [2.45, 2.75) is 59.0 Å². The van der Waals surface area contributed by atoms with Crippen molar-refractivity contribution in [1.82, 2.24) is 24.8 Å². The molecule has 2 heterocycles. The average Bonchev–Trinajstić information content (AvgIpc) is 3.27. The second-order valence-electron chi connectivity index (χ2n) is 8.26. The SMILES string of the molecule is CCCCC(=O)N1CCN(Cc2noc(CCC(=O)N(CC)Cc3ccccc3)n2)CC1. The third-order valence-corrected chi connectivity index (χ3v) is 5.85. The number of hydrogen-bond donors (Lipinski definition) is 0. The monoisotopic (exact) mass is 441 g/mol. The van der Waals surface area contributed by atoms with Gasteiger partial charge in [-0.15, -0.1) is 0 Å². The molecule has 0 unspecified atom stereocenters. The molecule has 1 aliphatic heterocycles. The van der Waals surface area contributed by atoms with Crippen LogP contribution in [0.5, 0.6) is 0 Å². The van der Waals surface area contributed by atoms with Crippen LogP contribution in [0.1, 0.15) is 56.8 Å². The van der Waals surface area contributed by atoms with E-state index in [4.69, 9.17) is 4.52 Å². The zero-order valence-electron chi connectivity index (χ0n) is 19.3. The van der Waals surface area contributed by atoms with Gasteiger partial charge in [0.05, 0.1) is 6.54 Å². The van der Waals surface area contributed by atoms with Gasteiger partial charge in [-0.2, -0.15) is 4.98 Å². The molecule has 0 saturated carbocycles. The maximum absolute atomic E-state index is 12.6. The number of aryl methyl sites for hydroxylation is 1. The lowest BCUT2D eigenvalue weighted by atomic mass is 10.2. The number of hydrogen-bond acceptors (Lipinski definition) is 6. The summed E-state index contributed by atoms with van der Waals surface area (Å²) >= 11 is 0. The van der Waals surface area contributed by atoms with Crippen LogP contribution in [-0.2, 0) is 29.1 Å². The van der Waals surface area contributed by atoms with E-state index in [0.717, 1.165) is 44.6 Å². The third kappa shape index (κ3) is 7.15. The molecule has 0 N–H and O–H groups in total. The van der Waals surface area contributed by atoms with Crippen LogP contribution in [0.3, 0.4) is 0 Å². The summed E-state index contributed by atoms with van der Waals surface area (Å²) in [5, 5.41) is 4.08. The molecule has 1 aliphatic rings. The lowest BCUT2D eigenvalue weighted by Crippen LogP contribution is -2.48. The van der Waals surface area contributed by atoms with Crippen LogP contribution in [0.4, 0.5) is 0 Å². The minimum atomic E-state index is 0.0833. The van der Waals surface area contributed by atoms with E-state index >= 15 is 0 Å². The number of carbonyl (C=O) groups excluding carboxylic acids is 2. The number of benzene rings is 1. The second-order valence-corrected chi connectivity index (χ2v) is 8.26. The molecule has 1 aromatic carbocycles. The molecule has 0 spiro atoms. The summed E-state index contributed by atoms with van der Waals surface area (Å²) < 4.78 is 5.37. The summed E-state index contributed by atoms with van der Waals surface area (Å²) in [6, 6.07) is 10.00. The molecular weight excluding hydrogens is 406 g/mol. The van der Waals surface area contributed by atoms with E-state index in [1.54, 1.807) is 0 Å². The summed E-state index contributed by atoms with van der Waals surface area (Å²) in [6.07, 6.45) is 3.43. The first-order chi connectivity index (χ1) is 15.6. The summed E-state index contributed by atoms with van der Waals surface area (Å²) in [5.74, 6) is 1.47. The Hall–Kier alpha value is -2.74. The van der Waals surface area contributed by atoms with Gasteiger partial charge in [0.25, 0.3) is 0 Å². The first kappa shape index (κ1) is 23.9. The highest BCUT2D eigenvalue weighted by molar-refractivity contribution is 5.76. The van der Waals surface area contributed by atoms with E-state index in [9.17, 15) is 9.59 Å². The van der Waals surface area contributed by atoms with Gasteiger partial charge in [0.15, 0.2) is 5.82 Å². The Kier molecular flexibility index (Phi) is 9.22. The first-order valence-corrected chi connectivity index (χ1v) is 11.7. The molecule has 2 aromatic rings. The predicted octanol–water partition coefficient (Wildman–Crippen LogP) is 2.89. The quantitative estimate of drug-likeness (QED) is 0.533. The molecule has 3 rings (SSSR count). The Morgan fingerprint density at radius 3 is 2.50 bits per heavy atom. The van der Waals surface area contributed by atoms with Crippen molar-refractivity contribution < 1.29 is 14.1 Å². The van der Waals surface area contributed by atoms with Crippen molar-refractivity contribution in [1.29, 1.82) is 0 Å². The lowest BCUT2D eigenvalue weighted by Gasteiger charge is -2.34. The van der Waals surface area contributed by atoms with Gasteiger partial charge < -0.3 is 14.3 Å². The number of rotatable bonds is 11. The molecule has 8 nitrogen and oxygen atoms in total. The van der Waals surface area contributed by atoms with E-state index < -0.39 is 0 Å². The molecule has 32 heavy (non-hydrogen) atoms. The van der Waals surface area contributed by atoms with Crippen LogP contribution in [0.15, 0.2) is 34.9 Å². The van der Waals surface area contributed by atoms with E-state index in [1.807, 2.05) is 47.1 Å². The Morgan fingerprint density at radius 2 is 1.81 bits per heavy atom. The van der Waals surface area contributed by atoms with Crippen LogP contribution in [0, 0.1) is 0 Å². The van der Waals surface area contributed by atoms with Gasteiger partial charge in [0.2, 0.25) is 17.7 Å². The topological polar surface area (TPSA) is 82.8 Å². The third-order valence-electron chi connectivity index (χ3n) is 5.85. The van der Waals surface area contributed by atoms with Gasteiger partial charge in [0, 0.05) is 58.5 Å². The Morgan fingerprint density at radius 1 is 1.06 bits per heavy atom. The summed E-state index contributed by atoms with van der Waals surface area (Å²) in [5.41, 5.74) is 1.12. The van der Waals surface area contributed by atoms with E-state index in [1.165, 1.54) is 0 Å². The van der Waals surface area contributed by atoms with Crippen LogP contribution in [0.2, 0.25) is 0 Å². The van der Waals surface area contributed by atoms with Crippen LogP contribution in [-0.4, -0.2) is 69.4 Å². The molecule has 0 aliphatic carbocycles. The van der Waals surface area contributed by atoms with E-state index in [-0.39, 0.29) is 11.8 Å². The number of unbranched alkanes of at least 4 members (excludes halogenated alkanes) is 1. The molecule has 0 bridgehead atoms. The fourth-order valence-electron chi connectivity index (χ4n) is 3.85. The van der Waals surface area contributed by atoms with Crippen molar-refractivity contribution in [3.05, 3.63) is 47.6 Å². The van der Waals surface area contributed by atoms with Gasteiger partial charge in [-0.1, -0.05) is 48.8 Å². The molecule has 174 valence electrons. The molecular formula is C24H35N5O3. The van der Waals surface area contributed by atoms with Crippen molar-refractivity contribution in [3.8, 4) is 0 Å². The highest BCUT2D eigenvalue weighted by atomic mass is 16.5. The summed E-state index contributed by atoms with van der Waals surface area (Å²) in [6.45, 7) is 9.08. The Labute approximate surface area is 190 Å². The predicted molar refractivity (Wildman–Crippen MR) is 122 cm³/mol. The fourth-order valence-corrected chi connectivity index (χ4v) is 3.85. The highest BCUT2D eigenvalue weighted by Crippen LogP contribution is 2.11. The minimum Gasteiger partial charge on any atom is -0.340 e. The Bertz CT molecular complexity index is 846. The van der Waals surface area contributed by atoms with Gasteiger partial charge in [-0.25, -0.2) is 0 Å². The second kappa shape index (κ2) is 12.3. The molecule has 8 heteroatoms. The molecule has 1 fully saturated rings. The smallest absolute Gasteiger partial charge is 0.227 e. The largest absolute Gasteiger partial charge is 0.340 e. The molecule has 2 amide bonds. The lowest BCUT2D eigenvalue weighted by molar-refractivity contribution is -0.133. The van der Waals surface area contributed by atoms with Gasteiger partial charge >= 0.3 is 0 Å². The molecule has 1 saturated heterocycles. The molecule has 0 atom stereocenters. The van der Waals surface area contributed by atoms with Gasteiger partial charge in [-0.3, -0.25) is 14.5 Å². The fraction of sp³-hybridized carbons (Fsp3) is 0.583. The Balaban J connectivity index is 1.41. The molecule has 0 radical (unpaired) electrons. The maximum atomic E-state index is 12.6. The van der Waals surface area contributed by atoms with Gasteiger partial charge in [-0.05, 0) is 18.9 Å². The van der Waals surface area contributed by atoms with E-state index in [2.05, 4.69) is 22.0 Å². The number of aromatic nitrogens is 2. The summed E-state index contributed by atoms with van der Waals surface area (Å²) in [7, 11) is 0. The number of nitrogens with zero attached hydrogens (tertiary/aromatic N) is 5. The normalized spacial score (nSPS) is 14.5. The van der Waals surface area contributed by atoms with Crippen molar-refractivity contribution in [2.75, 3.05) is 32.7 Å². The maximum Gasteiger partial charge on any atom is 0.227 e. The number of piperazine rings is 1. The van der Waals surface area contributed by atoms with Crippen LogP contribution < -0.4 is 0 Å². The standard InChI is InChI=1S/C24H35N5O3/c1-3-5-11-23(30)29-16-14-27(15-17-29)19-21-25-22(32-26-21)12-13-24(31)28(4-2)18-20-9-7-6-8-10-20/h6-10H,3-5,11-19H2,1-2H3. The molecule has 1 aromatic heterocycles. The number of carbonyl (C=O) groups is 2. The number of amides is 2. The summed E-state index contributed by atoms with van der Waals surface area (Å²) in [4.78, 5) is 35.3. The van der Waals surface area contributed by atoms with Crippen molar-refractivity contribution in [2.24, 2.45) is 0 Å². The zero-order valence-corrected chi connectivity index (χ0v) is 19.3. The first-order valence-electron chi connectivity index (χ1n) is 11.7. The average molecular weight is 442 g/mol. The van der Waals surface area contributed by atoms with Gasteiger partial charge in [0.1, 0.15) is 0 Å². The zero-order chi connectivity index (χ0) is 22.8. The van der Waals surface area contributed by atoms with Crippen molar-refractivity contribution in [3.63, 3.8) is 0 Å². The highest BCUT2D eigenvalue weighted by Gasteiger charge is 2.22. The van der Waals surface area contributed by atoms with Crippen LogP contribution in [0.25, 0.3) is 0 Å². The minimum absolute atomic E-state index is 0.0833. The van der Waals surface area contributed by atoms with Crippen LogP contribution >= 0.6 is 0 Å².